The van der Waals surface area contributed by atoms with Crippen molar-refractivity contribution in [1.29, 1.82) is 0 Å². The van der Waals surface area contributed by atoms with Gasteiger partial charge in [0.2, 0.25) is 10.0 Å². The quantitative estimate of drug-likeness (QED) is 0.581. The first-order valence-electron chi connectivity index (χ1n) is 10.3. The van der Waals surface area contributed by atoms with E-state index in [2.05, 4.69) is 10.1 Å². The van der Waals surface area contributed by atoms with Gasteiger partial charge in [0.15, 0.2) is 5.82 Å². The van der Waals surface area contributed by atoms with Crippen LogP contribution in [0.5, 0.6) is 0 Å². The van der Waals surface area contributed by atoms with Crippen LogP contribution in [0.1, 0.15) is 30.4 Å². The predicted octanol–water partition coefficient (Wildman–Crippen LogP) is 1.93. The zero-order valence-corrected chi connectivity index (χ0v) is 18.1. The molecule has 0 radical (unpaired) electrons. The Balaban J connectivity index is 1.53. The van der Waals surface area contributed by atoms with Crippen molar-refractivity contribution in [3.05, 3.63) is 76.3 Å². The highest BCUT2D eigenvalue weighted by atomic mass is 32.2. The van der Waals surface area contributed by atoms with Gasteiger partial charge in [-0.3, -0.25) is 9.89 Å². The summed E-state index contributed by atoms with van der Waals surface area (Å²) in [7, 11) is -2.14. The predicted molar refractivity (Wildman–Crippen MR) is 117 cm³/mol. The molecule has 4 rings (SSSR count). The maximum Gasteiger partial charge on any atom is 0.276 e. The smallest absolute Gasteiger partial charge is 0.276 e. The number of aromatic nitrogens is 3. The molecule has 1 saturated carbocycles. The normalized spacial score (nSPS) is 19.2. The number of sulfonamides is 1. The third-order valence-electron chi connectivity index (χ3n) is 6.00. The summed E-state index contributed by atoms with van der Waals surface area (Å²) in [5, 5.41) is 12.2. The van der Waals surface area contributed by atoms with Crippen LogP contribution in [0.15, 0.2) is 64.5 Å². The van der Waals surface area contributed by atoms with Crippen molar-refractivity contribution in [3.8, 4) is 5.82 Å². The first kappa shape index (κ1) is 21.5. The molecule has 1 aliphatic rings. The average molecular weight is 443 g/mol. The molecule has 0 spiro atoms. The minimum absolute atomic E-state index is 0.0790. The van der Waals surface area contributed by atoms with Crippen LogP contribution in [-0.4, -0.2) is 52.3 Å². The molecule has 3 aromatic rings. The molecule has 2 heterocycles. The molecule has 2 N–H and O–H groups in total. The number of benzene rings is 1. The standard InChI is InChI=1S/C22H26N4O4S/c1-25(19-8-7-17(12-19)15-27)31(29,30)20-9-10-21(23-14-20)26-22(28)18(13-24-26)11-16-5-3-2-4-6-16/h2-6,9-10,13-14,17,19,24,27H,7-8,11-12,15H2,1H3/t17-,19-/m1/s1. The molecule has 0 bridgehead atoms. The number of aliphatic hydroxyl groups is 1. The molecular formula is C22H26N4O4S. The van der Waals surface area contributed by atoms with Gasteiger partial charge in [0.25, 0.3) is 5.56 Å². The first-order chi connectivity index (χ1) is 14.9. The van der Waals surface area contributed by atoms with Gasteiger partial charge in [-0.05, 0) is 42.9 Å². The molecule has 1 aromatic carbocycles. The Morgan fingerprint density at radius 2 is 1.97 bits per heavy atom. The largest absolute Gasteiger partial charge is 0.396 e. The van der Waals surface area contributed by atoms with Crippen molar-refractivity contribution < 1.29 is 13.5 Å². The van der Waals surface area contributed by atoms with Crippen molar-refractivity contribution in [1.82, 2.24) is 19.1 Å². The van der Waals surface area contributed by atoms with Gasteiger partial charge >= 0.3 is 0 Å². The molecule has 2 aromatic heterocycles. The van der Waals surface area contributed by atoms with E-state index in [1.54, 1.807) is 13.2 Å². The van der Waals surface area contributed by atoms with Gasteiger partial charge in [-0.15, -0.1) is 0 Å². The summed E-state index contributed by atoms with van der Waals surface area (Å²) in [5.74, 6) is 0.472. The van der Waals surface area contributed by atoms with E-state index in [1.165, 1.54) is 27.3 Å². The van der Waals surface area contributed by atoms with E-state index in [1.807, 2.05) is 30.3 Å². The fraction of sp³-hybridized carbons (Fsp3) is 0.364. The number of aliphatic hydroxyl groups excluding tert-OH is 1. The molecule has 0 aliphatic heterocycles. The number of aromatic amines is 1. The Labute approximate surface area is 181 Å². The second-order valence-corrected chi connectivity index (χ2v) is 9.99. The first-order valence-corrected chi connectivity index (χ1v) is 11.7. The third-order valence-corrected chi connectivity index (χ3v) is 7.89. The van der Waals surface area contributed by atoms with Crippen LogP contribution >= 0.6 is 0 Å². The Morgan fingerprint density at radius 3 is 2.61 bits per heavy atom. The van der Waals surface area contributed by atoms with Crippen molar-refractivity contribution in [3.63, 3.8) is 0 Å². The topological polar surface area (TPSA) is 108 Å². The van der Waals surface area contributed by atoms with Crippen LogP contribution in [0.3, 0.4) is 0 Å². The lowest BCUT2D eigenvalue weighted by molar-refractivity contribution is 0.223. The van der Waals surface area contributed by atoms with E-state index < -0.39 is 10.0 Å². The van der Waals surface area contributed by atoms with Gasteiger partial charge in [-0.1, -0.05) is 30.3 Å². The fourth-order valence-electron chi connectivity index (χ4n) is 4.08. The molecular weight excluding hydrogens is 416 g/mol. The van der Waals surface area contributed by atoms with Crippen molar-refractivity contribution in [2.45, 2.75) is 36.6 Å². The van der Waals surface area contributed by atoms with E-state index >= 15 is 0 Å². The molecule has 1 aliphatic carbocycles. The SMILES string of the molecule is CN([C@@H]1CC[C@@H](CO)C1)S(=O)(=O)c1ccc(-n2[nH]cc(Cc3ccccc3)c2=O)nc1. The van der Waals surface area contributed by atoms with Crippen LogP contribution in [0, 0.1) is 5.92 Å². The molecule has 31 heavy (non-hydrogen) atoms. The lowest BCUT2D eigenvalue weighted by Gasteiger charge is -2.24. The van der Waals surface area contributed by atoms with Crippen molar-refractivity contribution in [2.75, 3.05) is 13.7 Å². The lowest BCUT2D eigenvalue weighted by atomic mass is 10.1. The molecule has 164 valence electrons. The van der Waals surface area contributed by atoms with Crippen LogP contribution in [-0.2, 0) is 16.4 Å². The Bertz CT molecular complexity index is 1190. The highest BCUT2D eigenvalue weighted by molar-refractivity contribution is 7.89. The zero-order valence-electron chi connectivity index (χ0n) is 17.3. The van der Waals surface area contributed by atoms with E-state index in [4.69, 9.17) is 0 Å². The summed E-state index contributed by atoms with van der Waals surface area (Å²) in [6.45, 7) is 0.0812. The van der Waals surface area contributed by atoms with Gasteiger partial charge in [0.05, 0.1) is 0 Å². The Kier molecular flexibility index (Phi) is 6.08. The number of hydrogen-bond donors (Lipinski definition) is 2. The van der Waals surface area contributed by atoms with Crippen LogP contribution < -0.4 is 5.56 Å². The van der Waals surface area contributed by atoms with Gasteiger partial charge < -0.3 is 5.11 Å². The van der Waals surface area contributed by atoms with E-state index in [0.29, 0.717) is 24.2 Å². The van der Waals surface area contributed by atoms with E-state index in [9.17, 15) is 18.3 Å². The second-order valence-electron chi connectivity index (χ2n) is 7.99. The number of H-pyrrole nitrogens is 1. The number of nitrogens with one attached hydrogen (secondary N) is 1. The molecule has 0 amide bonds. The number of rotatable bonds is 7. The van der Waals surface area contributed by atoms with Crippen LogP contribution in [0.2, 0.25) is 0 Å². The van der Waals surface area contributed by atoms with Crippen LogP contribution in [0.25, 0.3) is 5.82 Å². The van der Waals surface area contributed by atoms with Gasteiger partial charge in [-0.25, -0.2) is 18.1 Å². The molecule has 1 fully saturated rings. The third kappa shape index (κ3) is 4.34. The Morgan fingerprint density at radius 1 is 1.19 bits per heavy atom. The molecule has 9 heteroatoms. The molecule has 2 atom stereocenters. The van der Waals surface area contributed by atoms with Gasteiger partial charge in [0.1, 0.15) is 4.90 Å². The molecule has 0 saturated heterocycles. The minimum Gasteiger partial charge on any atom is -0.396 e. The maximum atomic E-state index is 13.0. The lowest BCUT2D eigenvalue weighted by Crippen LogP contribution is -2.35. The molecule has 0 unspecified atom stereocenters. The second kappa shape index (κ2) is 8.78. The van der Waals surface area contributed by atoms with Gasteiger partial charge in [-0.2, -0.15) is 4.31 Å². The molecule has 8 nitrogen and oxygen atoms in total. The van der Waals surface area contributed by atoms with Crippen molar-refractivity contribution >= 4 is 10.0 Å². The minimum atomic E-state index is -3.71. The maximum absolute atomic E-state index is 13.0. The summed E-state index contributed by atoms with van der Waals surface area (Å²) < 4.78 is 28.6. The summed E-state index contributed by atoms with van der Waals surface area (Å²) in [6.07, 6.45) is 5.63. The summed E-state index contributed by atoms with van der Waals surface area (Å²) in [6, 6.07) is 12.5. The zero-order chi connectivity index (χ0) is 22.0. The monoisotopic (exact) mass is 442 g/mol. The Hall–Kier alpha value is -2.75. The number of hydrogen-bond acceptors (Lipinski definition) is 5. The average Bonchev–Trinajstić information content (AvgIpc) is 3.41. The van der Waals surface area contributed by atoms with Gasteiger partial charge in [0, 0.05) is 44.1 Å². The number of pyridine rings is 1. The fourth-order valence-corrected chi connectivity index (χ4v) is 5.43. The van der Waals surface area contributed by atoms with E-state index in [-0.39, 0.29) is 29.0 Å². The number of nitrogens with zero attached hydrogens (tertiary/aromatic N) is 3. The highest BCUT2D eigenvalue weighted by Gasteiger charge is 2.34. The summed E-state index contributed by atoms with van der Waals surface area (Å²) >= 11 is 0. The van der Waals surface area contributed by atoms with E-state index in [0.717, 1.165) is 18.4 Å². The van der Waals surface area contributed by atoms with Crippen LogP contribution in [0.4, 0.5) is 0 Å². The highest BCUT2D eigenvalue weighted by Crippen LogP contribution is 2.31. The summed E-state index contributed by atoms with van der Waals surface area (Å²) in [4.78, 5) is 17.0. The summed E-state index contributed by atoms with van der Waals surface area (Å²) in [5.41, 5.74) is 1.41. The van der Waals surface area contributed by atoms with Crippen molar-refractivity contribution in [2.24, 2.45) is 5.92 Å².